The van der Waals surface area contributed by atoms with Crippen LogP contribution in [0.25, 0.3) is 0 Å². The minimum atomic E-state index is -4.68. The number of halogens is 3. The maximum absolute atomic E-state index is 13.1. The van der Waals surface area contributed by atoms with Crippen molar-refractivity contribution in [3.8, 4) is 0 Å². The summed E-state index contributed by atoms with van der Waals surface area (Å²) in [6.07, 6.45) is -4.68. The van der Waals surface area contributed by atoms with Crippen LogP contribution >= 0.6 is 0 Å². The third-order valence-electron chi connectivity index (χ3n) is 3.49. The molecule has 0 bridgehead atoms. The van der Waals surface area contributed by atoms with E-state index >= 15 is 0 Å². The number of benzene rings is 1. The van der Waals surface area contributed by atoms with Crippen molar-refractivity contribution in [1.29, 1.82) is 0 Å². The van der Waals surface area contributed by atoms with Gasteiger partial charge in [0.05, 0.1) is 16.2 Å². The van der Waals surface area contributed by atoms with E-state index in [1.54, 1.807) is 0 Å². The number of nitrogens with one attached hydrogen (secondary N) is 1. The number of rotatable bonds is 2. The maximum atomic E-state index is 13.1. The van der Waals surface area contributed by atoms with Gasteiger partial charge in [-0.15, -0.1) is 0 Å². The molecule has 0 radical (unpaired) electrons. The van der Waals surface area contributed by atoms with Crippen LogP contribution in [-0.4, -0.2) is 22.9 Å². The van der Waals surface area contributed by atoms with Gasteiger partial charge in [0.15, 0.2) is 0 Å². The number of alkyl halides is 3. The average molecular weight is 315 g/mol. The van der Waals surface area contributed by atoms with E-state index < -0.39 is 34.4 Å². The van der Waals surface area contributed by atoms with Crippen molar-refractivity contribution < 1.29 is 22.9 Å². The third-order valence-corrected chi connectivity index (χ3v) is 3.49. The van der Waals surface area contributed by atoms with Crippen LogP contribution < -0.4 is 5.32 Å². The lowest BCUT2D eigenvalue weighted by Gasteiger charge is -2.30. The van der Waals surface area contributed by atoms with Crippen molar-refractivity contribution in [2.75, 3.05) is 7.05 Å². The molecule has 1 heterocycles. The second-order valence-electron chi connectivity index (χ2n) is 4.75. The molecule has 22 heavy (non-hydrogen) atoms. The van der Waals surface area contributed by atoms with Gasteiger partial charge in [0.2, 0.25) is 0 Å². The monoisotopic (exact) mass is 315 g/mol. The fraction of sp³-hybridized carbons (Fsp3) is 0.308. The molecule has 1 aliphatic rings. The van der Waals surface area contributed by atoms with Crippen LogP contribution in [0.4, 0.5) is 18.0 Å². The summed E-state index contributed by atoms with van der Waals surface area (Å²) in [6, 6.07) is 2.30. The summed E-state index contributed by atoms with van der Waals surface area (Å²) >= 11 is 0. The Morgan fingerprint density at radius 1 is 1.32 bits per heavy atom. The fourth-order valence-electron chi connectivity index (χ4n) is 2.29. The predicted octanol–water partition coefficient (Wildman–Crippen LogP) is 2.91. The highest BCUT2D eigenvalue weighted by Gasteiger charge is 2.43. The first kappa shape index (κ1) is 15.8. The lowest BCUT2D eigenvalue weighted by molar-refractivity contribution is -0.433. The highest BCUT2D eigenvalue weighted by molar-refractivity contribution is 5.78. The molecule has 6 nitrogen and oxygen atoms in total. The summed E-state index contributed by atoms with van der Waals surface area (Å²) in [7, 11) is 1.31. The number of amides is 2. The molecule has 1 aromatic carbocycles. The molecule has 0 aromatic heterocycles. The third kappa shape index (κ3) is 2.61. The van der Waals surface area contributed by atoms with E-state index in [0.717, 1.165) is 17.0 Å². The SMILES string of the molecule is CC1=C([N+](=O)[O-])[C@@H](c2ccccc2C(F)(F)F)NC(=O)N1C. The van der Waals surface area contributed by atoms with Crippen LogP contribution in [0.5, 0.6) is 0 Å². The predicted molar refractivity (Wildman–Crippen MR) is 70.2 cm³/mol. The number of hydrogen-bond donors (Lipinski definition) is 1. The van der Waals surface area contributed by atoms with Crippen molar-refractivity contribution in [3.63, 3.8) is 0 Å². The number of carbonyl (C=O) groups excluding carboxylic acids is 1. The number of allylic oxidation sites excluding steroid dienone is 1. The Balaban J connectivity index is 2.66. The summed E-state index contributed by atoms with van der Waals surface area (Å²) < 4.78 is 39.3. The second kappa shape index (κ2) is 5.32. The zero-order valence-corrected chi connectivity index (χ0v) is 11.6. The molecule has 118 valence electrons. The summed E-state index contributed by atoms with van der Waals surface area (Å²) in [5, 5.41) is 13.5. The number of carbonyl (C=O) groups is 1. The second-order valence-corrected chi connectivity index (χ2v) is 4.75. The van der Waals surface area contributed by atoms with E-state index in [1.807, 2.05) is 0 Å². The number of urea groups is 1. The van der Waals surface area contributed by atoms with Gasteiger partial charge in [0, 0.05) is 7.05 Å². The molecule has 0 saturated carbocycles. The van der Waals surface area contributed by atoms with Crippen LogP contribution in [0.15, 0.2) is 35.7 Å². The summed E-state index contributed by atoms with van der Waals surface area (Å²) in [6.45, 7) is 1.32. The molecule has 1 atom stereocenters. The van der Waals surface area contributed by atoms with Gasteiger partial charge in [0.25, 0.3) is 5.70 Å². The summed E-state index contributed by atoms with van der Waals surface area (Å²) in [4.78, 5) is 23.3. The molecular formula is C13H12F3N3O3. The summed E-state index contributed by atoms with van der Waals surface area (Å²) in [5.41, 5.74) is -1.87. The molecule has 1 aliphatic heterocycles. The Morgan fingerprint density at radius 2 is 1.91 bits per heavy atom. The smallest absolute Gasteiger partial charge is 0.321 e. The van der Waals surface area contributed by atoms with Crippen molar-refractivity contribution in [2.24, 2.45) is 0 Å². The van der Waals surface area contributed by atoms with Gasteiger partial charge in [-0.05, 0) is 18.6 Å². The molecule has 1 aromatic rings. The molecule has 1 N–H and O–H groups in total. The van der Waals surface area contributed by atoms with Crippen molar-refractivity contribution in [1.82, 2.24) is 10.2 Å². The van der Waals surface area contributed by atoms with E-state index in [1.165, 1.54) is 26.1 Å². The number of hydrogen-bond acceptors (Lipinski definition) is 3. The molecule has 9 heteroatoms. The van der Waals surface area contributed by atoms with Crippen molar-refractivity contribution in [2.45, 2.75) is 19.1 Å². The first-order valence-electron chi connectivity index (χ1n) is 6.20. The number of nitrogens with zero attached hydrogens (tertiary/aromatic N) is 2. The molecule has 0 spiro atoms. The van der Waals surface area contributed by atoms with Gasteiger partial charge in [-0.3, -0.25) is 15.0 Å². The van der Waals surface area contributed by atoms with Gasteiger partial charge >= 0.3 is 12.2 Å². The molecule has 0 unspecified atom stereocenters. The Labute approximate surface area is 123 Å². The minimum Gasteiger partial charge on any atom is -0.321 e. The normalized spacial score (nSPS) is 19.2. The van der Waals surface area contributed by atoms with E-state index in [2.05, 4.69) is 5.32 Å². The van der Waals surface area contributed by atoms with Gasteiger partial charge in [0.1, 0.15) is 6.04 Å². The molecule has 0 saturated heterocycles. The van der Waals surface area contributed by atoms with Gasteiger partial charge in [-0.25, -0.2) is 4.79 Å². The lowest BCUT2D eigenvalue weighted by Crippen LogP contribution is -2.46. The Kier molecular flexibility index (Phi) is 3.82. The van der Waals surface area contributed by atoms with Crippen LogP contribution in [0.3, 0.4) is 0 Å². The zero-order chi connectivity index (χ0) is 16.7. The Morgan fingerprint density at radius 3 is 2.45 bits per heavy atom. The zero-order valence-electron chi connectivity index (χ0n) is 11.6. The highest BCUT2D eigenvalue weighted by Crippen LogP contribution is 2.38. The molecule has 2 amide bonds. The summed E-state index contributed by atoms with van der Waals surface area (Å²) in [5.74, 6) is 0. The Hall–Kier alpha value is -2.58. The van der Waals surface area contributed by atoms with E-state index in [-0.39, 0.29) is 11.3 Å². The average Bonchev–Trinajstić information content (AvgIpc) is 2.43. The van der Waals surface area contributed by atoms with Crippen LogP contribution in [0.2, 0.25) is 0 Å². The van der Waals surface area contributed by atoms with E-state index in [9.17, 15) is 28.1 Å². The standard InChI is InChI=1S/C13H12F3N3O3/c1-7-11(19(21)22)10(17-12(20)18(7)2)8-5-3-4-6-9(8)13(14,15)16/h3-6,10H,1-2H3,(H,17,20)/t10-/m1/s1. The van der Waals surface area contributed by atoms with Crippen molar-refractivity contribution >= 4 is 6.03 Å². The van der Waals surface area contributed by atoms with E-state index in [0.29, 0.717) is 0 Å². The first-order chi connectivity index (χ1) is 10.1. The lowest BCUT2D eigenvalue weighted by atomic mass is 9.95. The van der Waals surface area contributed by atoms with Gasteiger partial charge < -0.3 is 5.32 Å². The van der Waals surface area contributed by atoms with Gasteiger partial charge in [-0.2, -0.15) is 13.2 Å². The highest BCUT2D eigenvalue weighted by atomic mass is 19.4. The van der Waals surface area contributed by atoms with Crippen LogP contribution in [-0.2, 0) is 6.18 Å². The fourth-order valence-corrected chi connectivity index (χ4v) is 2.29. The quantitative estimate of drug-likeness (QED) is 0.673. The largest absolute Gasteiger partial charge is 0.416 e. The van der Waals surface area contributed by atoms with E-state index in [4.69, 9.17) is 0 Å². The number of nitro groups is 1. The van der Waals surface area contributed by atoms with Crippen LogP contribution in [0.1, 0.15) is 24.1 Å². The van der Waals surface area contributed by atoms with Crippen molar-refractivity contribution in [3.05, 3.63) is 56.9 Å². The molecule has 2 rings (SSSR count). The first-order valence-corrected chi connectivity index (χ1v) is 6.20. The van der Waals surface area contributed by atoms with Gasteiger partial charge in [-0.1, -0.05) is 18.2 Å². The maximum Gasteiger partial charge on any atom is 0.416 e. The molecule has 0 fully saturated rings. The minimum absolute atomic E-state index is 0.00396. The Bertz CT molecular complexity index is 670. The molecular weight excluding hydrogens is 303 g/mol. The molecule has 0 aliphatic carbocycles. The van der Waals surface area contributed by atoms with Crippen LogP contribution in [0, 0.1) is 10.1 Å². The topological polar surface area (TPSA) is 75.5 Å².